The molecular weight excluding hydrogens is 379 g/mol. The summed E-state index contributed by atoms with van der Waals surface area (Å²) in [6.45, 7) is 4.11. The quantitative estimate of drug-likeness (QED) is 0.665. The van der Waals surface area contributed by atoms with Gasteiger partial charge in [-0.25, -0.2) is 18.4 Å². The Bertz CT molecular complexity index is 1030. The van der Waals surface area contributed by atoms with E-state index in [-0.39, 0.29) is 12.3 Å². The minimum atomic E-state index is -1.78. The second-order valence-electron chi connectivity index (χ2n) is 6.67. The molecule has 6 nitrogen and oxygen atoms in total. The third-order valence-electron chi connectivity index (χ3n) is 4.29. The zero-order valence-electron chi connectivity index (χ0n) is 15.6. The van der Waals surface area contributed by atoms with E-state index in [4.69, 9.17) is 5.14 Å². The molecule has 1 atom stereocenters. The summed E-state index contributed by atoms with van der Waals surface area (Å²) in [5, 5.41) is 12.6. The van der Waals surface area contributed by atoms with Gasteiger partial charge >= 0.3 is 0 Å². The molecule has 0 aliphatic carbocycles. The van der Waals surface area contributed by atoms with Crippen LogP contribution in [0.1, 0.15) is 30.9 Å². The van der Waals surface area contributed by atoms with Crippen LogP contribution in [0.25, 0.3) is 5.69 Å². The molecule has 2 aromatic carbocycles. The highest BCUT2D eigenvalue weighted by Gasteiger charge is 2.14. The van der Waals surface area contributed by atoms with Gasteiger partial charge in [-0.05, 0) is 41.3 Å². The number of carbonyl (C=O) groups is 1. The van der Waals surface area contributed by atoms with Gasteiger partial charge in [0, 0.05) is 11.9 Å². The Morgan fingerprint density at radius 1 is 1.29 bits per heavy atom. The van der Waals surface area contributed by atoms with E-state index in [1.807, 2.05) is 6.20 Å². The standard InChI is InChI=1S/C20H21FN4O2S/c1-13(2)15-11-23-25(12-15)18-8-7-16(10-19(18)28(22)27)24-20(26)9-14-5-3-4-6-17(14)21/h3-8,10-13H,9,22H2,1-2H3,(H,24,26). The van der Waals surface area contributed by atoms with Crippen LogP contribution < -0.4 is 10.5 Å². The smallest absolute Gasteiger partial charge is 0.228 e. The van der Waals surface area contributed by atoms with Gasteiger partial charge in [-0.15, -0.1) is 0 Å². The summed E-state index contributed by atoms with van der Waals surface area (Å²) >= 11 is 0. The van der Waals surface area contributed by atoms with Crippen LogP contribution >= 0.6 is 0 Å². The number of nitrogens with one attached hydrogen (secondary N) is 1. The maximum absolute atomic E-state index is 13.7. The molecule has 0 aliphatic heterocycles. The van der Waals surface area contributed by atoms with Crippen molar-refractivity contribution < 1.29 is 13.4 Å². The molecule has 0 radical (unpaired) electrons. The number of aromatic nitrogens is 2. The van der Waals surface area contributed by atoms with Crippen molar-refractivity contribution >= 4 is 22.6 Å². The van der Waals surface area contributed by atoms with Crippen molar-refractivity contribution in [1.82, 2.24) is 9.78 Å². The Kier molecular flexibility index (Phi) is 6.01. The van der Waals surface area contributed by atoms with Gasteiger partial charge in [-0.2, -0.15) is 5.10 Å². The first-order valence-electron chi connectivity index (χ1n) is 8.73. The molecule has 8 heteroatoms. The van der Waals surface area contributed by atoms with Gasteiger partial charge < -0.3 is 5.32 Å². The van der Waals surface area contributed by atoms with E-state index in [1.54, 1.807) is 47.3 Å². The van der Waals surface area contributed by atoms with Crippen LogP contribution in [-0.2, 0) is 22.2 Å². The van der Waals surface area contributed by atoms with Crippen molar-refractivity contribution in [2.75, 3.05) is 5.32 Å². The van der Waals surface area contributed by atoms with Crippen LogP contribution in [0.5, 0.6) is 0 Å². The summed E-state index contributed by atoms with van der Waals surface area (Å²) in [5.74, 6) is -0.512. The first kappa shape index (κ1) is 19.9. The maximum Gasteiger partial charge on any atom is 0.228 e. The maximum atomic E-state index is 13.7. The van der Waals surface area contributed by atoms with Crippen molar-refractivity contribution in [3.8, 4) is 5.69 Å². The first-order chi connectivity index (χ1) is 13.3. The van der Waals surface area contributed by atoms with E-state index in [1.165, 1.54) is 6.07 Å². The highest BCUT2D eigenvalue weighted by Crippen LogP contribution is 2.23. The summed E-state index contributed by atoms with van der Waals surface area (Å²) in [4.78, 5) is 12.6. The number of amides is 1. The molecule has 0 bridgehead atoms. The van der Waals surface area contributed by atoms with Gasteiger partial charge in [-0.3, -0.25) is 4.79 Å². The molecule has 3 N–H and O–H groups in total. The van der Waals surface area contributed by atoms with Crippen LogP contribution in [-0.4, -0.2) is 19.9 Å². The van der Waals surface area contributed by atoms with Gasteiger partial charge in [0.2, 0.25) is 5.91 Å². The van der Waals surface area contributed by atoms with Gasteiger partial charge in [0.05, 0.1) is 23.2 Å². The number of hydrogen-bond acceptors (Lipinski definition) is 3. The predicted octanol–water partition coefficient (Wildman–Crippen LogP) is 3.30. The lowest BCUT2D eigenvalue weighted by atomic mass is 10.1. The molecule has 0 saturated heterocycles. The average Bonchev–Trinajstić information content (AvgIpc) is 3.14. The third-order valence-corrected chi connectivity index (χ3v) is 5.05. The second kappa shape index (κ2) is 8.45. The topological polar surface area (TPSA) is 90.0 Å². The van der Waals surface area contributed by atoms with Crippen molar-refractivity contribution in [2.24, 2.45) is 5.14 Å². The Hall–Kier alpha value is -2.84. The molecule has 146 valence electrons. The number of nitrogens with zero attached hydrogens (tertiary/aromatic N) is 2. The van der Waals surface area contributed by atoms with E-state index in [0.29, 0.717) is 27.8 Å². The van der Waals surface area contributed by atoms with Crippen LogP contribution in [0.3, 0.4) is 0 Å². The molecule has 1 heterocycles. The molecule has 0 aliphatic rings. The normalized spacial score (nSPS) is 12.2. The van der Waals surface area contributed by atoms with Crippen LogP contribution in [0, 0.1) is 5.82 Å². The Morgan fingerprint density at radius 3 is 2.68 bits per heavy atom. The van der Waals surface area contributed by atoms with Crippen LogP contribution in [0.2, 0.25) is 0 Å². The second-order valence-corrected chi connectivity index (χ2v) is 7.70. The summed E-state index contributed by atoms with van der Waals surface area (Å²) < 4.78 is 27.4. The third kappa shape index (κ3) is 4.52. The van der Waals surface area contributed by atoms with E-state index in [9.17, 15) is 13.4 Å². The molecule has 1 unspecified atom stereocenters. The predicted molar refractivity (Wildman–Crippen MR) is 107 cm³/mol. The molecule has 0 fully saturated rings. The van der Waals surface area contributed by atoms with Gasteiger partial charge in [0.25, 0.3) is 0 Å². The minimum absolute atomic E-state index is 0.105. The highest BCUT2D eigenvalue weighted by molar-refractivity contribution is 7.82. The van der Waals surface area contributed by atoms with Gasteiger partial charge in [0.15, 0.2) is 0 Å². The number of hydrogen-bond donors (Lipinski definition) is 2. The van der Waals surface area contributed by atoms with Gasteiger partial charge in [-0.1, -0.05) is 32.0 Å². The minimum Gasteiger partial charge on any atom is -0.326 e. The highest BCUT2D eigenvalue weighted by atomic mass is 32.2. The summed E-state index contributed by atoms with van der Waals surface area (Å²) in [6.07, 6.45) is 3.50. The zero-order valence-corrected chi connectivity index (χ0v) is 16.4. The molecule has 1 amide bonds. The Labute approximate surface area is 165 Å². The lowest BCUT2D eigenvalue weighted by Gasteiger charge is -2.11. The molecule has 28 heavy (non-hydrogen) atoms. The largest absolute Gasteiger partial charge is 0.326 e. The lowest BCUT2D eigenvalue weighted by molar-refractivity contribution is -0.115. The number of rotatable bonds is 6. The number of anilines is 1. The molecule has 3 rings (SSSR count). The summed E-state index contributed by atoms with van der Waals surface area (Å²) in [5.41, 5.74) is 2.34. The monoisotopic (exact) mass is 400 g/mol. The zero-order chi connectivity index (χ0) is 20.3. The lowest BCUT2D eigenvalue weighted by Crippen LogP contribution is -2.16. The fourth-order valence-corrected chi connectivity index (χ4v) is 3.34. The Morgan fingerprint density at radius 2 is 2.04 bits per heavy atom. The molecule has 0 saturated carbocycles. The van der Waals surface area contributed by atoms with E-state index in [0.717, 1.165) is 5.56 Å². The number of nitrogens with two attached hydrogens (primary N) is 1. The number of benzene rings is 2. The SMILES string of the molecule is CC(C)c1cnn(-c2ccc(NC(=O)Cc3ccccc3F)cc2S(N)=O)c1. The first-order valence-corrected chi connectivity index (χ1v) is 9.95. The van der Waals surface area contributed by atoms with E-state index in [2.05, 4.69) is 24.3 Å². The van der Waals surface area contributed by atoms with Crippen molar-refractivity contribution in [3.05, 3.63) is 71.8 Å². The Balaban J connectivity index is 1.83. The molecule has 1 aromatic heterocycles. The molecule has 0 spiro atoms. The number of halogens is 1. The average molecular weight is 400 g/mol. The van der Waals surface area contributed by atoms with Crippen LogP contribution in [0.4, 0.5) is 10.1 Å². The van der Waals surface area contributed by atoms with Crippen molar-refractivity contribution in [3.63, 3.8) is 0 Å². The van der Waals surface area contributed by atoms with Gasteiger partial charge in [0.1, 0.15) is 16.8 Å². The fraction of sp³-hybridized carbons (Fsp3) is 0.200. The van der Waals surface area contributed by atoms with Crippen LogP contribution in [0.15, 0.2) is 59.8 Å². The molecular formula is C20H21FN4O2S. The summed E-state index contributed by atoms with van der Waals surface area (Å²) in [6, 6.07) is 11.0. The molecule has 3 aromatic rings. The van der Waals surface area contributed by atoms with E-state index < -0.39 is 16.8 Å². The number of carbonyl (C=O) groups excluding carboxylic acids is 1. The fourth-order valence-electron chi connectivity index (χ4n) is 2.73. The van der Waals surface area contributed by atoms with E-state index >= 15 is 0 Å². The van der Waals surface area contributed by atoms with Crippen molar-refractivity contribution in [1.29, 1.82) is 0 Å². The summed E-state index contributed by atoms with van der Waals surface area (Å²) in [7, 11) is -1.78. The van der Waals surface area contributed by atoms with Crippen molar-refractivity contribution in [2.45, 2.75) is 31.1 Å².